The molecule has 6 nitrogen and oxygen atoms in total. The van der Waals surface area contributed by atoms with Crippen LogP contribution in [0.5, 0.6) is 5.75 Å². The first kappa shape index (κ1) is 19.4. The first-order chi connectivity index (χ1) is 10.5. The van der Waals surface area contributed by atoms with Crippen LogP contribution in [0.3, 0.4) is 0 Å². The summed E-state index contributed by atoms with van der Waals surface area (Å²) in [6.07, 6.45) is -0.333. The molecule has 0 aliphatic heterocycles. The lowest BCUT2D eigenvalue weighted by Crippen LogP contribution is -2.42. The van der Waals surface area contributed by atoms with E-state index in [0.717, 1.165) is 6.20 Å². The Morgan fingerprint density at radius 2 is 2.04 bits per heavy atom. The first-order valence-electron chi connectivity index (χ1n) is 6.81. The van der Waals surface area contributed by atoms with Gasteiger partial charge < -0.3 is 14.8 Å². The van der Waals surface area contributed by atoms with Gasteiger partial charge >= 0.3 is 12.6 Å². The minimum atomic E-state index is -2.98. The number of ether oxygens (including phenoxy) is 2. The number of alkyl carbamates (subject to hydrolysis) is 1. The molecule has 23 heavy (non-hydrogen) atoms. The lowest BCUT2D eigenvalue weighted by molar-refractivity contribution is 0.0602. The largest absolute Gasteiger partial charge is 0.484 e. The normalized spacial score (nSPS) is 12.9. The van der Waals surface area contributed by atoms with Gasteiger partial charge in [-0.1, -0.05) is 0 Å². The van der Waals surface area contributed by atoms with Crippen molar-refractivity contribution >= 4 is 22.0 Å². The van der Waals surface area contributed by atoms with Crippen LogP contribution in [0, 0.1) is 0 Å². The number of hydrogen-bond donors (Lipinski definition) is 1. The molecule has 1 amide bonds. The topological polar surface area (TPSA) is 69.6 Å². The molecular formula is C14H19BrF2N2O4. The Labute approximate surface area is 140 Å². The molecule has 130 valence electrons. The van der Waals surface area contributed by atoms with E-state index in [1.165, 1.54) is 6.07 Å². The molecule has 0 saturated carbocycles. The van der Waals surface area contributed by atoms with E-state index in [0.29, 0.717) is 0 Å². The van der Waals surface area contributed by atoms with Gasteiger partial charge in [-0.25, -0.2) is 4.79 Å². The zero-order chi connectivity index (χ0) is 17.8. The summed E-state index contributed by atoms with van der Waals surface area (Å²) in [5.41, 5.74) is -1.41. The molecule has 0 aliphatic carbocycles. The van der Waals surface area contributed by atoms with Gasteiger partial charge in [-0.15, -0.1) is 0 Å². The highest BCUT2D eigenvalue weighted by Gasteiger charge is 2.18. The Kier molecular flexibility index (Phi) is 6.55. The van der Waals surface area contributed by atoms with Crippen LogP contribution in [0.1, 0.15) is 34.2 Å². The SMILES string of the molecule is C[C@H](COc1cc(Br)cn(C(F)F)c1=O)OC(=O)NC(C)(C)C. The summed E-state index contributed by atoms with van der Waals surface area (Å²) < 4.78 is 36.2. The van der Waals surface area contributed by atoms with Crippen molar-refractivity contribution in [2.45, 2.75) is 45.9 Å². The van der Waals surface area contributed by atoms with Crippen molar-refractivity contribution in [2.24, 2.45) is 0 Å². The van der Waals surface area contributed by atoms with Gasteiger partial charge in [0, 0.05) is 22.3 Å². The number of halogens is 3. The highest BCUT2D eigenvalue weighted by atomic mass is 79.9. The number of aromatic nitrogens is 1. The standard InChI is InChI=1S/C14H19BrF2N2O4/c1-8(23-13(21)18-14(2,3)4)7-22-10-5-9(15)6-19(11(10)20)12(16)17/h5-6,8,12H,7H2,1-4H3,(H,18,21)/t8-/m1/s1. The van der Waals surface area contributed by atoms with Crippen LogP contribution in [-0.2, 0) is 4.74 Å². The third kappa shape index (κ3) is 6.55. The minimum absolute atomic E-state index is 0.146. The Hall–Kier alpha value is -1.64. The van der Waals surface area contributed by atoms with E-state index in [4.69, 9.17) is 9.47 Å². The molecule has 1 aromatic heterocycles. The molecule has 0 unspecified atom stereocenters. The van der Waals surface area contributed by atoms with Crippen molar-refractivity contribution in [1.82, 2.24) is 9.88 Å². The molecule has 0 fully saturated rings. The monoisotopic (exact) mass is 396 g/mol. The summed E-state index contributed by atoms with van der Waals surface area (Å²) in [5, 5.41) is 2.60. The number of carbonyl (C=O) groups is 1. The van der Waals surface area contributed by atoms with E-state index in [2.05, 4.69) is 21.2 Å². The first-order valence-corrected chi connectivity index (χ1v) is 7.60. The number of rotatable bonds is 5. The Morgan fingerprint density at radius 3 is 2.57 bits per heavy atom. The number of alkyl halides is 2. The van der Waals surface area contributed by atoms with Gasteiger partial charge in [-0.05, 0) is 43.6 Å². The van der Waals surface area contributed by atoms with Crippen LogP contribution in [-0.4, -0.2) is 28.9 Å². The molecule has 0 aromatic carbocycles. The maximum atomic E-state index is 12.7. The second kappa shape index (κ2) is 7.76. The van der Waals surface area contributed by atoms with Gasteiger partial charge in [-0.3, -0.25) is 9.36 Å². The van der Waals surface area contributed by atoms with Crippen LogP contribution in [0.15, 0.2) is 21.5 Å². The van der Waals surface area contributed by atoms with E-state index in [9.17, 15) is 18.4 Å². The van der Waals surface area contributed by atoms with Gasteiger partial charge in [0.2, 0.25) is 0 Å². The van der Waals surface area contributed by atoms with Crippen molar-refractivity contribution in [3.8, 4) is 5.75 Å². The van der Waals surface area contributed by atoms with E-state index in [-0.39, 0.29) is 21.4 Å². The fraction of sp³-hybridized carbons (Fsp3) is 0.571. The summed E-state index contributed by atoms with van der Waals surface area (Å²) in [6.45, 7) is 3.82. The minimum Gasteiger partial charge on any atom is -0.484 e. The Morgan fingerprint density at radius 1 is 1.43 bits per heavy atom. The zero-order valence-electron chi connectivity index (χ0n) is 13.2. The van der Waals surface area contributed by atoms with Crippen LogP contribution >= 0.6 is 15.9 Å². The van der Waals surface area contributed by atoms with Crippen molar-refractivity contribution < 1.29 is 23.0 Å². The summed E-state index contributed by atoms with van der Waals surface area (Å²) in [4.78, 5) is 23.4. The molecular weight excluding hydrogens is 378 g/mol. The maximum Gasteiger partial charge on any atom is 0.407 e. The van der Waals surface area contributed by atoms with E-state index >= 15 is 0 Å². The van der Waals surface area contributed by atoms with E-state index < -0.39 is 29.8 Å². The number of pyridine rings is 1. The lowest BCUT2D eigenvalue weighted by Gasteiger charge is -2.22. The number of carbonyl (C=O) groups excluding carboxylic acids is 1. The molecule has 0 bridgehead atoms. The van der Waals surface area contributed by atoms with Crippen LogP contribution < -0.4 is 15.6 Å². The quantitative estimate of drug-likeness (QED) is 0.828. The van der Waals surface area contributed by atoms with E-state index in [1.54, 1.807) is 27.7 Å². The number of hydrogen-bond acceptors (Lipinski definition) is 4. The molecule has 9 heteroatoms. The number of amides is 1. The van der Waals surface area contributed by atoms with Crippen LogP contribution in [0.4, 0.5) is 13.6 Å². The molecule has 0 radical (unpaired) electrons. The van der Waals surface area contributed by atoms with Gasteiger partial charge in [0.15, 0.2) is 5.75 Å². The fourth-order valence-electron chi connectivity index (χ4n) is 1.55. The molecule has 1 N–H and O–H groups in total. The van der Waals surface area contributed by atoms with Crippen molar-refractivity contribution in [1.29, 1.82) is 0 Å². The molecule has 1 atom stereocenters. The predicted octanol–water partition coefficient (Wildman–Crippen LogP) is 3.30. The summed E-state index contributed by atoms with van der Waals surface area (Å²) >= 11 is 3.03. The summed E-state index contributed by atoms with van der Waals surface area (Å²) in [7, 11) is 0. The number of nitrogens with one attached hydrogen (secondary N) is 1. The second-order valence-electron chi connectivity index (χ2n) is 5.91. The Bertz CT molecular complexity index is 614. The van der Waals surface area contributed by atoms with Crippen molar-refractivity contribution in [3.63, 3.8) is 0 Å². The van der Waals surface area contributed by atoms with Crippen molar-refractivity contribution in [3.05, 3.63) is 27.1 Å². The molecule has 0 saturated heterocycles. The average Bonchev–Trinajstić information content (AvgIpc) is 2.36. The Balaban J connectivity index is 2.68. The highest BCUT2D eigenvalue weighted by molar-refractivity contribution is 9.10. The highest BCUT2D eigenvalue weighted by Crippen LogP contribution is 2.18. The fourth-order valence-corrected chi connectivity index (χ4v) is 1.98. The third-order valence-corrected chi connectivity index (χ3v) is 2.88. The van der Waals surface area contributed by atoms with E-state index in [1.807, 2.05) is 0 Å². The smallest absolute Gasteiger partial charge is 0.407 e. The average molecular weight is 397 g/mol. The van der Waals surface area contributed by atoms with Crippen molar-refractivity contribution in [2.75, 3.05) is 6.61 Å². The molecule has 0 spiro atoms. The zero-order valence-corrected chi connectivity index (χ0v) is 14.8. The third-order valence-electron chi connectivity index (χ3n) is 2.45. The summed E-state index contributed by atoms with van der Waals surface area (Å²) in [5.74, 6) is -0.258. The maximum absolute atomic E-state index is 12.7. The van der Waals surface area contributed by atoms with Crippen LogP contribution in [0.2, 0.25) is 0 Å². The molecule has 1 aromatic rings. The molecule has 1 rings (SSSR count). The van der Waals surface area contributed by atoms with Gasteiger partial charge in [0.05, 0.1) is 0 Å². The molecule has 1 heterocycles. The second-order valence-corrected chi connectivity index (χ2v) is 6.83. The predicted molar refractivity (Wildman–Crippen MR) is 84.0 cm³/mol. The lowest BCUT2D eigenvalue weighted by atomic mass is 10.1. The van der Waals surface area contributed by atoms with Crippen LogP contribution in [0.25, 0.3) is 0 Å². The number of nitrogens with zero attached hydrogens (tertiary/aromatic N) is 1. The molecule has 0 aliphatic rings. The summed E-state index contributed by atoms with van der Waals surface area (Å²) in [6, 6.07) is 1.28. The van der Waals surface area contributed by atoms with Gasteiger partial charge in [0.1, 0.15) is 12.7 Å². The van der Waals surface area contributed by atoms with Gasteiger partial charge in [0.25, 0.3) is 5.56 Å². The van der Waals surface area contributed by atoms with Gasteiger partial charge in [-0.2, -0.15) is 8.78 Å².